The molecule has 0 saturated carbocycles. The SMILES string of the molecule is Cc1cccc(N2C=CC=CC=C2)c1. The van der Waals surface area contributed by atoms with Gasteiger partial charge in [0.15, 0.2) is 0 Å². The molecule has 1 aromatic carbocycles. The molecule has 1 nitrogen and oxygen atoms in total. The lowest BCUT2D eigenvalue weighted by Crippen LogP contribution is -2.05. The van der Waals surface area contributed by atoms with Crippen LogP contribution in [-0.4, -0.2) is 0 Å². The Kier molecular flexibility index (Phi) is 2.50. The molecule has 0 aromatic heterocycles. The van der Waals surface area contributed by atoms with Crippen LogP contribution in [0.15, 0.2) is 61.0 Å². The van der Waals surface area contributed by atoms with Crippen molar-refractivity contribution in [1.29, 1.82) is 0 Å². The van der Waals surface area contributed by atoms with Gasteiger partial charge in [0.25, 0.3) is 0 Å². The highest BCUT2D eigenvalue weighted by Crippen LogP contribution is 2.17. The molecule has 0 spiro atoms. The molecule has 70 valence electrons. The Morgan fingerprint density at radius 2 is 1.64 bits per heavy atom. The standard InChI is InChI=1S/C13H13N/c1-12-7-6-8-13(11-12)14-9-4-2-3-5-10-14/h2-11H,1H3. The summed E-state index contributed by atoms with van der Waals surface area (Å²) in [5, 5.41) is 0. The van der Waals surface area contributed by atoms with Crippen molar-refractivity contribution in [2.75, 3.05) is 4.90 Å². The molecule has 14 heavy (non-hydrogen) atoms. The van der Waals surface area contributed by atoms with Crippen LogP contribution >= 0.6 is 0 Å². The van der Waals surface area contributed by atoms with Crippen LogP contribution in [0.4, 0.5) is 5.69 Å². The van der Waals surface area contributed by atoms with E-state index in [2.05, 4.69) is 48.5 Å². The van der Waals surface area contributed by atoms with Crippen molar-refractivity contribution in [3.8, 4) is 0 Å². The summed E-state index contributed by atoms with van der Waals surface area (Å²) in [6.07, 6.45) is 12.2. The van der Waals surface area contributed by atoms with Crippen LogP contribution in [0.1, 0.15) is 5.56 Å². The van der Waals surface area contributed by atoms with Crippen LogP contribution in [0.3, 0.4) is 0 Å². The zero-order valence-electron chi connectivity index (χ0n) is 8.22. The first kappa shape index (κ1) is 8.82. The molecule has 1 heteroatoms. The first-order chi connectivity index (χ1) is 6.86. The number of benzene rings is 1. The zero-order chi connectivity index (χ0) is 9.80. The molecular formula is C13H13N. The van der Waals surface area contributed by atoms with Crippen molar-refractivity contribution in [3.05, 3.63) is 66.5 Å². The number of allylic oxidation sites excluding steroid dienone is 4. The van der Waals surface area contributed by atoms with Crippen LogP contribution in [-0.2, 0) is 0 Å². The van der Waals surface area contributed by atoms with Gasteiger partial charge in [-0.25, -0.2) is 0 Å². The minimum Gasteiger partial charge on any atom is -0.324 e. The fraction of sp³-hybridized carbons (Fsp3) is 0.0769. The Bertz CT molecular complexity index is 383. The number of rotatable bonds is 1. The molecule has 0 fully saturated rings. The number of anilines is 1. The molecule has 1 aliphatic heterocycles. The van der Waals surface area contributed by atoms with Crippen molar-refractivity contribution in [1.82, 2.24) is 0 Å². The van der Waals surface area contributed by atoms with E-state index < -0.39 is 0 Å². The van der Waals surface area contributed by atoms with Gasteiger partial charge in [-0.1, -0.05) is 24.3 Å². The first-order valence-electron chi connectivity index (χ1n) is 4.73. The van der Waals surface area contributed by atoms with Crippen molar-refractivity contribution in [3.63, 3.8) is 0 Å². The third kappa shape index (κ3) is 1.94. The van der Waals surface area contributed by atoms with Gasteiger partial charge in [-0.05, 0) is 36.8 Å². The van der Waals surface area contributed by atoms with Gasteiger partial charge in [0.2, 0.25) is 0 Å². The predicted molar refractivity (Wildman–Crippen MR) is 61.1 cm³/mol. The summed E-state index contributed by atoms with van der Waals surface area (Å²) in [6, 6.07) is 8.45. The van der Waals surface area contributed by atoms with Gasteiger partial charge in [-0.3, -0.25) is 0 Å². The van der Waals surface area contributed by atoms with E-state index in [-0.39, 0.29) is 0 Å². The predicted octanol–water partition coefficient (Wildman–Crippen LogP) is 3.40. The fourth-order valence-electron chi connectivity index (χ4n) is 1.42. The van der Waals surface area contributed by atoms with E-state index in [4.69, 9.17) is 0 Å². The van der Waals surface area contributed by atoms with Gasteiger partial charge in [-0.15, -0.1) is 0 Å². The largest absolute Gasteiger partial charge is 0.324 e. The van der Waals surface area contributed by atoms with Crippen molar-refractivity contribution in [2.45, 2.75) is 6.92 Å². The lowest BCUT2D eigenvalue weighted by Gasteiger charge is -2.15. The van der Waals surface area contributed by atoms with E-state index in [0.29, 0.717) is 0 Å². The highest BCUT2D eigenvalue weighted by molar-refractivity contribution is 5.54. The second-order valence-corrected chi connectivity index (χ2v) is 3.31. The van der Waals surface area contributed by atoms with Gasteiger partial charge in [0.1, 0.15) is 0 Å². The first-order valence-corrected chi connectivity index (χ1v) is 4.73. The zero-order valence-corrected chi connectivity index (χ0v) is 8.22. The van der Waals surface area contributed by atoms with E-state index in [0.717, 1.165) is 0 Å². The van der Waals surface area contributed by atoms with E-state index in [1.54, 1.807) is 0 Å². The second kappa shape index (κ2) is 3.97. The van der Waals surface area contributed by atoms with Gasteiger partial charge in [0.05, 0.1) is 0 Å². The van der Waals surface area contributed by atoms with Gasteiger partial charge >= 0.3 is 0 Å². The molecule has 1 heterocycles. The minimum atomic E-state index is 1.20. The number of aryl methyl sites for hydroxylation is 1. The molecule has 0 aliphatic carbocycles. The van der Waals surface area contributed by atoms with Crippen molar-refractivity contribution >= 4 is 5.69 Å². The molecule has 0 bridgehead atoms. The molecule has 2 rings (SSSR count). The summed E-state index contributed by atoms with van der Waals surface area (Å²) < 4.78 is 0. The fourth-order valence-corrected chi connectivity index (χ4v) is 1.42. The number of nitrogens with zero attached hydrogens (tertiary/aromatic N) is 1. The minimum absolute atomic E-state index is 1.20. The Balaban J connectivity index is 2.31. The van der Waals surface area contributed by atoms with Crippen LogP contribution in [0.25, 0.3) is 0 Å². The van der Waals surface area contributed by atoms with Crippen LogP contribution in [0.5, 0.6) is 0 Å². The highest BCUT2D eigenvalue weighted by Gasteiger charge is 1.98. The maximum Gasteiger partial charge on any atom is 0.0451 e. The summed E-state index contributed by atoms with van der Waals surface area (Å²) in [5.41, 5.74) is 2.47. The third-order valence-electron chi connectivity index (χ3n) is 2.13. The van der Waals surface area contributed by atoms with Crippen molar-refractivity contribution < 1.29 is 0 Å². The van der Waals surface area contributed by atoms with E-state index >= 15 is 0 Å². The van der Waals surface area contributed by atoms with Gasteiger partial charge in [-0.2, -0.15) is 0 Å². The smallest absolute Gasteiger partial charge is 0.0451 e. The molecule has 0 N–H and O–H groups in total. The Morgan fingerprint density at radius 3 is 2.29 bits per heavy atom. The van der Waals surface area contributed by atoms with Gasteiger partial charge < -0.3 is 4.90 Å². The van der Waals surface area contributed by atoms with E-state index in [9.17, 15) is 0 Å². The lowest BCUT2D eigenvalue weighted by molar-refractivity contribution is 1.27. The molecule has 1 aliphatic rings. The lowest BCUT2D eigenvalue weighted by atomic mass is 10.2. The van der Waals surface area contributed by atoms with Crippen LogP contribution in [0.2, 0.25) is 0 Å². The summed E-state index contributed by atoms with van der Waals surface area (Å²) >= 11 is 0. The molecule has 0 radical (unpaired) electrons. The molecule has 0 saturated heterocycles. The quantitative estimate of drug-likeness (QED) is 0.645. The maximum absolute atomic E-state index is 2.17. The molecule has 0 atom stereocenters. The number of hydrogen-bond donors (Lipinski definition) is 0. The number of hydrogen-bond acceptors (Lipinski definition) is 1. The Morgan fingerprint density at radius 1 is 0.929 bits per heavy atom. The van der Waals surface area contributed by atoms with Crippen molar-refractivity contribution in [2.24, 2.45) is 0 Å². The third-order valence-corrected chi connectivity index (χ3v) is 2.13. The Hall–Kier alpha value is -1.76. The average Bonchev–Trinajstić information content (AvgIpc) is 2.45. The molecule has 0 amide bonds. The normalized spacial score (nSPS) is 14.5. The highest BCUT2D eigenvalue weighted by atomic mass is 15.1. The van der Waals surface area contributed by atoms with Crippen LogP contribution in [0, 0.1) is 6.92 Å². The molecule has 0 unspecified atom stereocenters. The monoisotopic (exact) mass is 183 g/mol. The molecular weight excluding hydrogens is 170 g/mol. The topological polar surface area (TPSA) is 3.24 Å². The maximum atomic E-state index is 2.17. The second-order valence-electron chi connectivity index (χ2n) is 3.31. The Labute approximate surface area is 84.7 Å². The summed E-state index contributed by atoms with van der Waals surface area (Å²) in [7, 11) is 0. The summed E-state index contributed by atoms with van der Waals surface area (Å²) in [4.78, 5) is 2.10. The average molecular weight is 183 g/mol. The van der Waals surface area contributed by atoms with E-state index in [1.807, 2.05) is 24.3 Å². The van der Waals surface area contributed by atoms with Gasteiger partial charge in [0, 0.05) is 18.1 Å². The molecule has 1 aromatic rings. The van der Waals surface area contributed by atoms with Crippen LogP contribution < -0.4 is 4.90 Å². The summed E-state index contributed by atoms with van der Waals surface area (Å²) in [6.45, 7) is 2.10. The summed E-state index contributed by atoms with van der Waals surface area (Å²) in [5.74, 6) is 0. The van der Waals surface area contributed by atoms with E-state index in [1.165, 1.54) is 11.3 Å².